The van der Waals surface area contributed by atoms with Crippen LogP contribution in [0.1, 0.15) is 104 Å². The van der Waals surface area contributed by atoms with E-state index < -0.39 is 71.2 Å². The van der Waals surface area contributed by atoms with Crippen molar-refractivity contribution in [2.24, 2.45) is 0 Å². The Morgan fingerprint density at radius 1 is 0.700 bits per heavy atom. The number of hydrogen-bond donors (Lipinski definition) is 4. The van der Waals surface area contributed by atoms with Crippen LogP contribution < -0.4 is 0 Å². The van der Waals surface area contributed by atoms with Gasteiger partial charge in [0.15, 0.2) is 12.4 Å². The van der Waals surface area contributed by atoms with Crippen molar-refractivity contribution in [2.45, 2.75) is 141 Å². The van der Waals surface area contributed by atoms with E-state index in [1.165, 1.54) is 0 Å². The fourth-order valence-corrected chi connectivity index (χ4v) is 5.58. The van der Waals surface area contributed by atoms with Crippen LogP contribution in [0.3, 0.4) is 0 Å². The number of hydrogen-bond acceptors (Lipinski definition) is 11. The molecule has 50 heavy (non-hydrogen) atoms. The zero-order valence-corrected chi connectivity index (χ0v) is 30.5. The molecule has 1 aliphatic rings. The van der Waals surface area contributed by atoms with Crippen LogP contribution in [-0.2, 0) is 38.7 Å². The molecule has 4 N–H and O–H groups in total. The molecule has 6 atom stereocenters. The highest BCUT2D eigenvalue weighted by Crippen LogP contribution is 2.23. The Balaban J connectivity index is 2.60. The van der Waals surface area contributed by atoms with E-state index in [9.17, 15) is 37.9 Å². The van der Waals surface area contributed by atoms with Crippen molar-refractivity contribution in [2.75, 3.05) is 19.0 Å². The van der Waals surface area contributed by atoms with Gasteiger partial charge in [-0.2, -0.15) is 8.42 Å². The monoisotopic (exact) mass is 728 g/mol. The van der Waals surface area contributed by atoms with Gasteiger partial charge < -0.3 is 34.3 Å². The van der Waals surface area contributed by atoms with E-state index in [2.05, 4.69) is 50.3 Å². The van der Waals surface area contributed by atoms with Crippen molar-refractivity contribution in [3.8, 4) is 0 Å². The Bertz CT molecular complexity index is 1180. The van der Waals surface area contributed by atoms with Crippen molar-refractivity contribution >= 4 is 22.1 Å². The zero-order valence-electron chi connectivity index (χ0n) is 29.7. The topological polar surface area (TPSA) is 186 Å². The zero-order chi connectivity index (χ0) is 37.0. The Hall–Kier alpha value is -2.65. The van der Waals surface area contributed by atoms with Crippen LogP contribution in [0, 0.1) is 0 Å². The first-order valence-corrected chi connectivity index (χ1v) is 19.5. The predicted molar refractivity (Wildman–Crippen MR) is 192 cm³/mol. The highest BCUT2D eigenvalue weighted by molar-refractivity contribution is 7.85. The van der Waals surface area contributed by atoms with Crippen LogP contribution in [0.15, 0.2) is 60.8 Å². The number of esters is 2. The quantitative estimate of drug-likeness (QED) is 0.0277. The normalized spacial score (nSPS) is 22.4. The Labute approximate surface area is 298 Å². The Kier molecular flexibility index (Phi) is 25.4. The average molecular weight is 729 g/mol. The van der Waals surface area contributed by atoms with Crippen LogP contribution >= 0.6 is 0 Å². The van der Waals surface area contributed by atoms with Gasteiger partial charge in [-0.05, 0) is 57.8 Å². The number of carbonyl (C=O) groups excluding carboxylic acids is 2. The SMILES string of the molecule is CC/C=C/C=C/C=C/CCCCCCCC(=O)OC(COC(=O)CCCC/C=C/C/C=C/CC)CO[C@H]1O[C@H](CS(=O)(=O)O)[C@@H](O)C(O)C1O. The van der Waals surface area contributed by atoms with Gasteiger partial charge in [-0.25, -0.2) is 0 Å². The molecular formula is C37H60O12S. The first kappa shape index (κ1) is 45.4. The minimum Gasteiger partial charge on any atom is -0.462 e. The number of allylic oxidation sites excluding steroid dienone is 10. The summed E-state index contributed by atoms with van der Waals surface area (Å²) in [4.78, 5) is 25.1. The van der Waals surface area contributed by atoms with E-state index in [1.807, 2.05) is 24.3 Å². The molecule has 1 rings (SSSR count). The molecule has 0 amide bonds. The summed E-state index contributed by atoms with van der Waals surface area (Å²) in [6, 6.07) is 0. The number of rotatable bonds is 27. The fourth-order valence-electron chi connectivity index (χ4n) is 4.89. The molecule has 1 aliphatic heterocycles. The van der Waals surface area contributed by atoms with E-state index >= 15 is 0 Å². The van der Waals surface area contributed by atoms with Gasteiger partial charge in [0.05, 0.1) is 6.61 Å². The molecule has 0 aromatic rings. The smallest absolute Gasteiger partial charge is 0.306 e. The summed E-state index contributed by atoms with van der Waals surface area (Å²) in [6.45, 7) is 3.39. The predicted octanol–water partition coefficient (Wildman–Crippen LogP) is 5.44. The summed E-state index contributed by atoms with van der Waals surface area (Å²) >= 11 is 0. The summed E-state index contributed by atoms with van der Waals surface area (Å²) in [6.07, 6.45) is 21.7. The number of ether oxygens (including phenoxy) is 4. The third-order valence-electron chi connectivity index (χ3n) is 7.65. The minimum absolute atomic E-state index is 0.131. The minimum atomic E-state index is -4.60. The molecule has 0 aromatic carbocycles. The molecule has 13 heteroatoms. The van der Waals surface area contributed by atoms with Gasteiger partial charge in [-0.3, -0.25) is 14.1 Å². The molecule has 0 aliphatic carbocycles. The van der Waals surface area contributed by atoms with Crippen LogP contribution in [0.4, 0.5) is 0 Å². The van der Waals surface area contributed by atoms with Gasteiger partial charge in [-0.1, -0.05) is 93.9 Å². The second-order valence-electron chi connectivity index (χ2n) is 12.2. The van der Waals surface area contributed by atoms with Crippen molar-refractivity contribution in [3.05, 3.63) is 60.8 Å². The summed E-state index contributed by atoms with van der Waals surface area (Å²) in [5.41, 5.74) is 0. The Morgan fingerprint density at radius 2 is 1.30 bits per heavy atom. The second kappa shape index (κ2) is 28.0. The highest BCUT2D eigenvalue weighted by Gasteiger charge is 2.46. The third-order valence-corrected chi connectivity index (χ3v) is 8.40. The van der Waals surface area contributed by atoms with E-state index in [-0.39, 0.29) is 19.4 Å². The van der Waals surface area contributed by atoms with Crippen LogP contribution in [0.2, 0.25) is 0 Å². The van der Waals surface area contributed by atoms with Crippen molar-refractivity contribution in [3.63, 3.8) is 0 Å². The van der Waals surface area contributed by atoms with E-state index in [4.69, 9.17) is 18.9 Å². The summed E-state index contributed by atoms with van der Waals surface area (Å²) in [5.74, 6) is -2.07. The molecule has 3 unspecified atom stereocenters. The highest BCUT2D eigenvalue weighted by atomic mass is 32.2. The molecule has 0 aromatic heterocycles. The largest absolute Gasteiger partial charge is 0.462 e. The van der Waals surface area contributed by atoms with Gasteiger partial charge in [0.2, 0.25) is 0 Å². The summed E-state index contributed by atoms with van der Waals surface area (Å²) < 4.78 is 53.6. The molecule has 1 saturated heterocycles. The Morgan fingerprint density at radius 3 is 2.02 bits per heavy atom. The van der Waals surface area contributed by atoms with Crippen molar-refractivity contribution in [1.82, 2.24) is 0 Å². The molecule has 0 bridgehead atoms. The molecule has 0 saturated carbocycles. The molecule has 1 fully saturated rings. The number of unbranched alkanes of at least 4 members (excludes halogenated alkanes) is 7. The summed E-state index contributed by atoms with van der Waals surface area (Å²) in [5, 5.41) is 30.7. The first-order valence-electron chi connectivity index (χ1n) is 17.9. The average Bonchev–Trinajstić information content (AvgIpc) is 3.07. The van der Waals surface area contributed by atoms with Crippen molar-refractivity contribution in [1.29, 1.82) is 0 Å². The van der Waals surface area contributed by atoms with Crippen molar-refractivity contribution < 1.29 is 56.8 Å². The lowest BCUT2D eigenvalue weighted by Gasteiger charge is -2.40. The standard InChI is InChI=1S/C37H60O12S/c1-3-5-7-9-11-13-14-15-16-18-20-22-24-26-33(39)48-30(27-46-32(38)25-23-21-19-17-12-10-8-6-4-2)28-47-37-36(42)35(41)34(40)31(49-37)29-50(43,44)45/h5-9,11-14,17,30-31,34-37,40-42H,3-4,10,15-16,18-29H2,1-2H3,(H,43,44,45)/b7-5+,8-6+,11-9+,14-13+,17-12+/t30?,31-,34-,35?,36?,37+/m1/s1. The lowest BCUT2D eigenvalue weighted by atomic mass is 10.00. The molecule has 12 nitrogen and oxygen atoms in total. The fraction of sp³-hybridized carbons (Fsp3) is 0.676. The number of aliphatic hydroxyl groups excluding tert-OH is 3. The van der Waals surface area contributed by atoms with E-state index in [1.54, 1.807) is 0 Å². The molecule has 0 radical (unpaired) electrons. The van der Waals surface area contributed by atoms with Gasteiger partial charge >= 0.3 is 11.9 Å². The molecule has 1 heterocycles. The van der Waals surface area contributed by atoms with E-state index in [0.717, 1.165) is 64.2 Å². The maximum atomic E-state index is 12.7. The van der Waals surface area contributed by atoms with Crippen LogP contribution in [-0.4, -0.2) is 96.0 Å². The number of carbonyl (C=O) groups is 2. The lowest BCUT2D eigenvalue weighted by molar-refractivity contribution is -0.297. The molecular weight excluding hydrogens is 668 g/mol. The van der Waals surface area contributed by atoms with Crippen LogP contribution in [0.5, 0.6) is 0 Å². The second-order valence-corrected chi connectivity index (χ2v) is 13.7. The van der Waals surface area contributed by atoms with Gasteiger partial charge in [0, 0.05) is 12.8 Å². The first-order chi connectivity index (χ1) is 24.0. The third kappa shape index (κ3) is 22.9. The lowest BCUT2D eigenvalue weighted by Crippen LogP contribution is -2.60. The molecule has 286 valence electrons. The maximum absolute atomic E-state index is 12.7. The van der Waals surface area contributed by atoms with E-state index in [0.29, 0.717) is 12.8 Å². The summed E-state index contributed by atoms with van der Waals surface area (Å²) in [7, 11) is -4.60. The number of aliphatic hydroxyl groups is 3. The van der Waals surface area contributed by atoms with Gasteiger partial charge in [0.25, 0.3) is 10.1 Å². The van der Waals surface area contributed by atoms with Gasteiger partial charge in [0.1, 0.15) is 36.8 Å². The molecule has 0 spiro atoms. The van der Waals surface area contributed by atoms with Gasteiger partial charge in [-0.15, -0.1) is 0 Å². The maximum Gasteiger partial charge on any atom is 0.306 e. The van der Waals surface area contributed by atoms with Crippen LogP contribution in [0.25, 0.3) is 0 Å².